The van der Waals surface area contributed by atoms with E-state index in [-0.39, 0.29) is 48.6 Å². The van der Waals surface area contributed by atoms with Crippen LogP contribution in [0.25, 0.3) is 0 Å². The summed E-state index contributed by atoms with van der Waals surface area (Å²) in [4.78, 5) is 52.8. The zero-order valence-corrected chi connectivity index (χ0v) is 17.0. The van der Waals surface area contributed by atoms with E-state index in [9.17, 15) is 19.2 Å². The van der Waals surface area contributed by atoms with Crippen LogP contribution >= 0.6 is 0 Å². The highest BCUT2D eigenvalue weighted by atomic mass is 16.3. The average Bonchev–Trinajstić information content (AvgIpc) is 3.36. The summed E-state index contributed by atoms with van der Waals surface area (Å²) in [6, 6.07) is 7.57. The number of carbonyl (C=O) groups excluding carboxylic acids is 3. The molecule has 0 unspecified atom stereocenters. The summed E-state index contributed by atoms with van der Waals surface area (Å²) in [7, 11) is 0. The Balaban J connectivity index is 1.19. The third kappa shape index (κ3) is 3.64. The van der Waals surface area contributed by atoms with Crippen molar-refractivity contribution in [2.24, 2.45) is 5.92 Å². The van der Waals surface area contributed by atoms with Gasteiger partial charge in [0.15, 0.2) is 0 Å². The number of likely N-dealkylation sites (tertiary alicyclic amines) is 1. The lowest BCUT2D eigenvalue weighted by Crippen LogP contribution is -2.49. The Bertz CT molecular complexity index is 1080. The van der Waals surface area contributed by atoms with Crippen LogP contribution in [0.4, 0.5) is 4.79 Å². The number of urea groups is 1. The summed E-state index contributed by atoms with van der Waals surface area (Å²) in [5.41, 5.74) is 1.01. The van der Waals surface area contributed by atoms with Crippen molar-refractivity contribution in [2.45, 2.75) is 44.3 Å². The van der Waals surface area contributed by atoms with Gasteiger partial charge in [-0.3, -0.25) is 19.3 Å². The van der Waals surface area contributed by atoms with Gasteiger partial charge in [-0.2, -0.15) is 0 Å². The second-order valence-corrected chi connectivity index (χ2v) is 8.54. The third-order valence-electron chi connectivity index (χ3n) is 6.48. The van der Waals surface area contributed by atoms with Gasteiger partial charge in [0, 0.05) is 43.7 Å². The molecule has 9 nitrogen and oxygen atoms in total. The van der Waals surface area contributed by atoms with Crippen LogP contribution in [0.1, 0.15) is 36.6 Å². The van der Waals surface area contributed by atoms with Crippen LogP contribution in [-0.2, 0) is 22.7 Å². The second kappa shape index (κ2) is 7.72. The quantitative estimate of drug-likeness (QED) is 0.729. The van der Waals surface area contributed by atoms with Crippen molar-refractivity contribution < 1.29 is 18.8 Å². The first kappa shape index (κ1) is 19.6. The maximum Gasteiger partial charge on any atom is 0.325 e. The minimum absolute atomic E-state index is 0.0153. The first-order valence-corrected chi connectivity index (χ1v) is 10.6. The lowest BCUT2D eigenvalue weighted by molar-refractivity contribution is -0.134. The molecule has 0 radical (unpaired) electrons. The number of imide groups is 1. The molecule has 2 aromatic rings. The Morgan fingerprint density at radius 1 is 1.10 bits per heavy atom. The van der Waals surface area contributed by atoms with Gasteiger partial charge in [0.05, 0.1) is 12.8 Å². The molecule has 3 aliphatic heterocycles. The zero-order chi connectivity index (χ0) is 21.5. The minimum atomic E-state index is -0.699. The number of rotatable bonds is 5. The lowest BCUT2D eigenvalue weighted by atomic mass is 9.83. The van der Waals surface area contributed by atoms with E-state index in [0.29, 0.717) is 25.4 Å². The largest absolute Gasteiger partial charge is 0.467 e. The Morgan fingerprint density at radius 3 is 2.77 bits per heavy atom. The smallest absolute Gasteiger partial charge is 0.325 e. The molecule has 9 heteroatoms. The maximum absolute atomic E-state index is 12.9. The van der Waals surface area contributed by atoms with E-state index in [1.807, 2.05) is 15.5 Å². The van der Waals surface area contributed by atoms with Gasteiger partial charge < -0.3 is 19.2 Å². The van der Waals surface area contributed by atoms with Gasteiger partial charge in [-0.25, -0.2) is 4.79 Å². The van der Waals surface area contributed by atoms with Crippen LogP contribution in [0.5, 0.6) is 0 Å². The first-order chi connectivity index (χ1) is 15.0. The Labute approximate surface area is 178 Å². The van der Waals surface area contributed by atoms with Crippen LogP contribution < -0.4 is 10.9 Å². The molecule has 0 spiro atoms. The molecule has 5 heterocycles. The normalized spacial score (nSPS) is 24.8. The summed E-state index contributed by atoms with van der Waals surface area (Å²) in [5, 5.41) is 2.67. The van der Waals surface area contributed by atoms with E-state index < -0.39 is 12.1 Å². The van der Waals surface area contributed by atoms with Crippen molar-refractivity contribution >= 4 is 17.8 Å². The molecule has 2 fully saturated rings. The molecular weight excluding hydrogens is 400 g/mol. The van der Waals surface area contributed by atoms with Crippen molar-refractivity contribution in [3.8, 4) is 0 Å². The number of pyridine rings is 1. The number of hydrogen-bond acceptors (Lipinski definition) is 5. The van der Waals surface area contributed by atoms with E-state index in [1.165, 1.54) is 6.26 Å². The number of nitrogens with zero attached hydrogens (tertiary/aromatic N) is 3. The number of fused-ring (bicyclic) bond motifs is 4. The van der Waals surface area contributed by atoms with Gasteiger partial charge in [-0.05, 0) is 37.0 Å². The second-order valence-electron chi connectivity index (χ2n) is 8.54. The van der Waals surface area contributed by atoms with Gasteiger partial charge in [0.2, 0.25) is 5.91 Å². The first-order valence-electron chi connectivity index (χ1n) is 10.6. The molecule has 0 aromatic carbocycles. The van der Waals surface area contributed by atoms with E-state index in [1.54, 1.807) is 24.3 Å². The van der Waals surface area contributed by atoms with Crippen molar-refractivity contribution in [1.29, 1.82) is 0 Å². The zero-order valence-electron chi connectivity index (χ0n) is 17.0. The predicted molar refractivity (Wildman–Crippen MR) is 109 cm³/mol. The molecule has 3 aliphatic rings. The van der Waals surface area contributed by atoms with E-state index in [0.717, 1.165) is 17.0 Å². The van der Waals surface area contributed by atoms with Crippen molar-refractivity contribution in [2.75, 3.05) is 13.1 Å². The molecule has 0 aliphatic carbocycles. The van der Waals surface area contributed by atoms with Crippen LogP contribution in [-0.4, -0.2) is 51.3 Å². The van der Waals surface area contributed by atoms with Gasteiger partial charge >= 0.3 is 6.03 Å². The Kier molecular flexibility index (Phi) is 4.88. The lowest BCUT2D eigenvalue weighted by Gasteiger charge is -2.42. The molecule has 162 valence electrons. The summed E-state index contributed by atoms with van der Waals surface area (Å²) < 4.78 is 7.05. The fourth-order valence-electron chi connectivity index (χ4n) is 5.01. The summed E-state index contributed by atoms with van der Waals surface area (Å²) in [6.45, 7) is 1.91. The highest BCUT2D eigenvalue weighted by molar-refractivity contribution is 6.04. The fraction of sp³-hybridized carbons (Fsp3) is 0.455. The highest BCUT2D eigenvalue weighted by Crippen LogP contribution is 2.35. The molecule has 3 atom stereocenters. The number of aromatic nitrogens is 1. The molecule has 4 amide bonds. The number of amides is 4. The predicted octanol–water partition coefficient (Wildman–Crippen LogP) is 1.29. The molecule has 31 heavy (non-hydrogen) atoms. The van der Waals surface area contributed by atoms with Gasteiger partial charge in [-0.1, -0.05) is 6.07 Å². The van der Waals surface area contributed by atoms with Crippen LogP contribution in [0.2, 0.25) is 0 Å². The van der Waals surface area contributed by atoms with Gasteiger partial charge in [-0.15, -0.1) is 0 Å². The Hall–Kier alpha value is -3.36. The minimum Gasteiger partial charge on any atom is -0.467 e. The van der Waals surface area contributed by atoms with Gasteiger partial charge in [0.1, 0.15) is 11.8 Å². The van der Waals surface area contributed by atoms with Crippen LogP contribution in [0, 0.1) is 5.92 Å². The molecule has 2 bridgehead atoms. The Morgan fingerprint density at radius 2 is 1.97 bits per heavy atom. The maximum atomic E-state index is 12.9. The number of hydrogen-bond donors (Lipinski definition) is 1. The fourth-order valence-corrected chi connectivity index (χ4v) is 5.01. The van der Waals surface area contributed by atoms with Crippen molar-refractivity contribution in [3.63, 3.8) is 0 Å². The molecule has 0 saturated carbocycles. The number of carbonyl (C=O) groups is 3. The average molecular weight is 424 g/mol. The molecular formula is C22H24N4O5. The van der Waals surface area contributed by atoms with Crippen LogP contribution in [0.3, 0.4) is 0 Å². The molecule has 5 rings (SSSR count). The SMILES string of the molecule is O=C(CC[C@@H]1NC(=O)N(Cc2ccco2)C1=O)N1C[C@@H]2C[C@H](C1)c1cccc(=O)n1C2. The van der Waals surface area contributed by atoms with E-state index in [4.69, 9.17) is 4.42 Å². The monoisotopic (exact) mass is 424 g/mol. The van der Waals surface area contributed by atoms with Crippen molar-refractivity contribution in [3.05, 3.63) is 58.4 Å². The van der Waals surface area contributed by atoms with Crippen LogP contribution in [0.15, 0.2) is 45.8 Å². The topological polar surface area (TPSA) is 105 Å². The number of piperidine rings is 1. The highest BCUT2D eigenvalue weighted by Gasteiger charge is 2.40. The standard InChI is InChI=1S/C22H24N4O5/c27-19(7-6-17-21(29)26(22(30)23-17)13-16-3-2-8-31-16)24-10-14-9-15(12-24)18-4-1-5-20(28)25(18)11-14/h1-5,8,14-15,17H,6-7,9-13H2,(H,23,30)/t14-,15+,17-/m0/s1. The number of furan rings is 1. The summed E-state index contributed by atoms with van der Waals surface area (Å²) in [5.74, 6) is 0.583. The third-order valence-corrected chi connectivity index (χ3v) is 6.48. The van der Waals surface area contributed by atoms with Gasteiger partial charge in [0.25, 0.3) is 11.5 Å². The number of nitrogens with one attached hydrogen (secondary N) is 1. The molecule has 2 aromatic heterocycles. The van der Waals surface area contributed by atoms with E-state index in [2.05, 4.69) is 5.32 Å². The van der Waals surface area contributed by atoms with Crippen molar-refractivity contribution in [1.82, 2.24) is 19.7 Å². The molecule has 1 N–H and O–H groups in total. The van der Waals surface area contributed by atoms with E-state index >= 15 is 0 Å². The molecule has 2 saturated heterocycles. The summed E-state index contributed by atoms with van der Waals surface area (Å²) >= 11 is 0. The summed E-state index contributed by atoms with van der Waals surface area (Å²) in [6.07, 6.45) is 2.92.